The lowest BCUT2D eigenvalue weighted by Gasteiger charge is -2.25. The highest BCUT2D eigenvalue weighted by molar-refractivity contribution is 6.03. The number of carbonyl (C=O) groups excluding carboxylic acids is 1. The van der Waals surface area contributed by atoms with Crippen molar-refractivity contribution < 1.29 is 13.9 Å². The van der Waals surface area contributed by atoms with Crippen LogP contribution >= 0.6 is 0 Å². The monoisotopic (exact) mass is 509 g/mol. The van der Waals surface area contributed by atoms with Gasteiger partial charge in [0.15, 0.2) is 5.58 Å². The minimum atomic E-state index is -0.196. The first kappa shape index (κ1) is 23.9. The molecule has 1 amide bonds. The van der Waals surface area contributed by atoms with Crippen molar-refractivity contribution in [3.63, 3.8) is 0 Å². The number of fused-ring (bicyclic) bond motifs is 3. The van der Waals surface area contributed by atoms with Crippen LogP contribution in [0.5, 0.6) is 5.88 Å². The lowest BCUT2D eigenvalue weighted by molar-refractivity contribution is -0.117. The van der Waals surface area contributed by atoms with Crippen LogP contribution < -0.4 is 15.6 Å². The van der Waals surface area contributed by atoms with Crippen LogP contribution in [0.15, 0.2) is 76.2 Å². The smallest absolute Gasteiger partial charge is 0.255 e. The highest BCUT2D eigenvalue weighted by Crippen LogP contribution is 2.31. The number of amides is 1. The Hall–Kier alpha value is -4.50. The molecule has 1 aliphatic rings. The maximum atomic E-state index is 13.1. The normalized spacial score (nSPS) is 14.1. The molecular weight excluding hydrogens is 482 g/mol. The average molecular weight is 510 g/mol. The molecule has 0 unspecified atom stereocenters. The lowest BCUT2D eigenvalue weighted by atomic mass is 10.1. The third kappa shape index (κ3) is 4.64. The van der Waals surface area contributed by atoms with E-state index >= 15 is 0 Å². The van der Waals surface area contributed by atoms with Gasteiger partial charge in [-0.3, -0.25) is 19.1 Å². The minimum Gasteiger partial charge on any atom is -0.481 e. The summed E-state index contributed by atoms with van der Waals surface area (Å²) in [7, 11) is 1.57. The Kier molecular flexibility index (Phi) is 6.35. The molecule has 1 aromatic carbocycles. The van der Waals surface area contributed by atoms with Crippen molar-refractivity contribution in [3.8, 4) is 22.7 Å². The fraction of sp³-hybridized carbons (Fsp3) is 0.241. The Morgan fingerprint density at radius 2 is 1.76 bits per heavy atom. The summed E-state index contributed by atoms with van der Waals surface area (Å²) in [4.78, 5) is 36.6. The fourth-order valence-corrected chi connectivity index (χ4v) is 4.96. The number of carbonyl (C=O) groups is 1. The van der Waals surface area contributed by atoms with Crippen LogP contribution in [0.3, 0.4) is 0 Å². The number of methoxy groups -OCH3 is 1. The quantitative estimate of drug-likeness (QED) is 0.356. The number of anilines is 1. The van der Waals surface area contributed by atoms with Crippen LogP contribution in [0.1, 0.15) is 19.3 Å². The van der Waals surface area contributed by atoms with Gasteiger partial charge >= 0.3 is 0 Å². The van der Waals surface area contributed by atoms with Crippen LogP contribution in [-0.2, 0) is 4.79 Å². The largest absolute Gasteiger partial charge is 0.481 e. The van der Waals surface area contributed by atoms with E-state index in [0.717, 1.165) is 37.1 Å². The number of benzene rings is 1. The van der Waals surface area contributed by atoms with Crippen molar-refractivity contribution in [2.24, 2.45) is 0 Å². The second-order valence-electron chi connectivity index (χ2n) is 9.42. The molecule has 5 heterocycles. The summed E-state index contributed by atoms with van der Waals surface area (Å²) in [5.41, 5.74) is 4.47. The van der Waals surface area contributed by atoms with E-state index in [2.05, 4.69) is 20.2 Å². The van der Waals surface area contributed by atoms with E-state index in [1.54, 1.807) is 36.2 Å². The molecular formula is C29H27N5O4. The molecule has 1 N–H and O–H groups in total. The number of ether oxygens (including phenoxy) is 1. The maximum absolute atomic E-state index is 13.1. The first-order valence-corrected chi connectivity index (χ1v) is 12.7. The molecule has 0 spiro atoms. The predicted molar refractivity (Wildman–Crippen MR) is 146 cm³/mol. The Morgan fingerprint density at radius 3 is 2.50 bits per heavy atom. The van der Waals surface area contributed by atoms with Gasteiger partial charge in [0, 0.05) is 47.0 Å². The molecule has 0 bridgehead atoms. The first-order valence-electron chi connectivity index (χ1n) is 12.7. The van der Waals surface area contributed by atoms with Gasteiger partial charge in [-0.05, 0) is 68.4 Å². The van der Waals surface area contributed by atoms with Gasteiger partial charge in [0.25, 0.3) is 5.56 Å². The van der Waals surface area contributed by atoms with Gasteiger partial charge in [-0.25, -0.2) is 9.97 Å². The Bertz CT molecular complexity index is 1670. The number of aromatic nitrogens is 3. The third-order valence-electron chi connectivity index (χ3n) is 6.87. The van der Waals surface area contributed by atoms with Crippen LogP contribution in [0, 0.1) is 0 Å². The number of nitrogens with one attached hydrogen (secondary N) is 1. The second kappa shape index (κ2) is 10.1. The van der Waals surface area contributed by atoms with Crippen molar-refractivity contribution in [2.45, 2.75) is 19.3 Å². The summed E-state index contributed by atoms with van der Waals surface area (Å²) in [5.74, 6) is 0.489. The van der Waals surface area contributed by atoms with Gasteiger partial charge in [-0.1, -0.05) is 6.42 Å². The summed E-state index contributed by atoms with van der Waals surface area (Å²) < 4.78 is 12.7. The lowest BCUT2D eigenvalue weighted by Crippen LogP contribution is -2.36. The average Bonchev–Trinajstić information content (AvgIpc) is 3.32. The van der Waals surface area contributed by atoms with Gasteiger partial charge in [0.05, 0.1) is 19.0 Å². The number of rotatable bonds is 6. The van der Waals surface area contributed by atoms with Crippen LogP contribution in [-0.4, -0.2) is 52.1 Å². The van der Waals surface area contributed by atoms with E-state index < -0.39 is 0 Å². The van der Waals surface area contributed by atoms with E-state index in [1.807, 2.05) is 36.4 Å². The molecule has 38 heavy (non-hydrogen) atoms. The van der Waals surface area contributed by atoms with E-state index in [1.165, 1.54) is 12.5 Å². The number of hydrogen-bond donors (Lipinski definition) is 1. The number of furan rings is 1. The zero-order valence-corrected chi connectivity index (χ0v) is 21.0. The summed E-state index contributed by atoms with van der Waals surface area (Å²) in [6.45, 7) is 2.31. The van der Waals surface area contributed by atoms with Crippen LogP contribution in [0.4, 0.5) is 5.69 Å². The van der Waals surface area contributed by atoms with Crippen molar-refractivity contribution in [2.75, 3.05) is 32.1 Å². The molecule has 0 aliphatic carbocycles. The number of hydrogen-bond acceptors (Lipinski definition) is 7. The third-order valence-corrected chi connectivity index (χ3v) is 6.87. The molecule has 0 radical (unpaired) electrons. The van der Waals surface area contributed by atoms with Gasteiger partial charge in [0.2, 0.25) is 17.5 Å². The van der Waals surface area contributed by atoms with E-state index in [0.29, 0.717) is 46.0 Å². The van der Waals surface area contributed by atoms with Gasteiger partial charge < -0.3 is 14.5 Å². The number of nitrogens with zero attached hydrogens (tertiary/aromatic N) is 4. The molecule has 0 saturated carbocycles. The molecule has 0 atom stereocenters. The SMILES string of the molecule is COc1ccc(-c2cnc3oc4ccc(=O)n(-c5ccc(NC(=O)CN6CCCCC6)cc5)c4c3c2)cn1. The Labute approximate surface area is 218 Å². The van der Waals surface area contributed by atoms with Gasteiger partial charge in [-0.2, -0.15) is 0 Å². The molecule has 192 valence electrons. The van der Waals surface area contributed by atoms with Crippen molar-refractivity contribution in [1.82, 2.24) is 19.4 Å². The molecule has 9 nitrogen and oxygen atoms in total. The Balaban J connectivity index is 1.33. The molecule has 9 heteroatoms. The Morgan fingerprint density at radius 1 is 0.974 bits per heavy atom. The predicted octanol–water partition coefficient (Wildman–Crippen LogP) is 4.63. The number of likely N-dealkylation sites (tertiary alicyclic amines) is 1. The number of pyridine rings is 3. The maximum Gasteiger partial charge on any atom is 0.255 e. The molecule has 1 fully saturated rings. The molecule has 1 saturated heterocycles. The molecule has 6 rings (SSSR count). The van der Waals surface area contributed by atoms with E-state index in [9.17, 15) is 9.59 Å². The molecule has 5 aromatic rings. The van der Waals surface area contributed by atoms with Crippen molar-refractivity contribution >= 4 is 33.8 Å². The fourth-order valence-electron chi connectivity index (χ4n) is 4.96. The van der Waals surface area contributed by atoms with Gasteiger partial charge in [0.1, 0.15) is 5.52 Å². The number of piperidine rings is 1. The molecule has 1 aliphatic heterocycles. The standard InChI is InChI=1S/C29H27N5O4/c1-37-26-11-5-19(16-30-26)20-15-23-28-24(38-29(23)31-17-20)10-12-27(36)34(28)22-8-6-21(7-9-22)32-25(35)18-33-13-3-2-4-14-33/h5-12,15-17H,2-4,13-14,18H2,1H3,(H,32,35). The minimum absolute atomic E-state index is 0.0358. The van der Waals surface area contributed by atoms with E-state index in [4.69, 9.17) is 9.15 Å². The topological polar surface area (TPSA) is 102 Å². The molecule has 4 aromatic heterocycles. The van der Waals surface area contributed by atoms with Crippen LogP contribution in [0.2, 0.25) is 0 Å². The summed E-state index contributed by atoms with van der Waals surface area (Å²) in [5, 5.41) is 3.68. The summed E-state index contributed by atoms with van der Waals surface area (Å²) >= 11 is 0. The van der Waals surface area contributed by atoms with Crippen molar-refractivity contribution in [1.29, 1.82) is 0 Å². The van der Waals surface area contributed by atoms with Gasteiger partial charge in [-0.15, -0.1) is 0 Å². The zero-order valence-electron chi connectivity index (χ0n) is 21.0. The first-order chi connectivity index (χ1) is 18.6. The highest BCUT2D eigenvalue weighted by atomic mass is 16.5. The van der Waals surface area contributed by atoms with Crippen LogP contribution in [0.25, 0.3) is 39.0 Å². The summed E-state index contributed by atoms with van der Waals surface area (Å²) in [6, 6.07) is 16.0. The second-order valence-corrected chi connectivity index (χ2v) is 9.42. The van der Waals surface area contributed by atoms with E-state index in [-0.39, 0.29) is 11.5 Å². The zero-order chi connectivity index (χ0) is 26.1. The van der Waals surface area contributed by atoms with Crippen molar-refractivity contribution in [3.05, 3.63) is 77.3 Å². The highest BCUT2D eigenvalue weighted by Gasteiger charge is 2.17. The summed E-state index contributed by atoms with van der Waals surface area (Å²) in [6.07, 6.45) is 6.94.